The van der Waals surface area contributed by atoms with Gasteiger partial charge in [0.05, 0.1) is 10.0 Å². The molecule has 0 N–H and O–H groups in total. The van der Waals surface area contributed by atoms with Crippen LogP contribution in [0.4, 0.5) is 0 Å². The van der Waals surface area contributed by atoms with Gasteiger partial charge >= 0.3 is 0 Å². The van der Waals surface area contributed by atoms with Crippen LogP contribution < -0.4 is 4.74 Å². The zero-order valence-corrected chi connectivity index (χ0v) is 12.0. The van der Waals surface area contributed by atoms with Crippen molar-refractivity contribution in [2.24, 2.45) is 0 Å². The van der Waals surface area contributed by atoms with Crippen molar-refractivity contribution in [3.8, 4) is 5.75 Å². The van der Waals surface area contributed by atoms with E-state index in [0.717, 1.165) is 0 Å². The van der Waals surface area contributed by atoms with E-state index in [2.05, 4.69) is 15.9 Å². The van der Waals surface area contributed by atoms with E-state index >= 15 is 0 Å². The molecule has 16 heavy (non-hydrogen) atoms. The molecule has 1 aromatic carbocycles. The Kier molecular flexibility index (Phi) is 5.09. The predicted octanol–water partition coefficient (Wildman–Crippen LogP) is 4.50. The van der Waals surface area contributed by atoms with Crippen molar-refractivity contribution in [1.82, 2.24) is 0 Å². The highest BCUT2D eigenvalue weighted by atomic mass is 79.9. The molecule has 1 rings (SSSR count). The van der Waals surface area contributed by atoms with E-state index < -0.39 is 0 Å². The third-order valence-electron chi connectivity index (χ3n) is 1.88. The molecule has 1 unspecified atom stereocenters. The summed E-state index contributed by atoms with van der Waals surface area (Å²) >= 11 is 15.2. The number of carbonyl (C=O) groups excluding carboxylic acids is 1. The number of hydrogen-bond donors (Lipinski definition) is 0. The maximum absolute atomic E-state index is 10.9. The van der Waals surface area contributed by atoms with E-state index in [0.29, 0.717) is 26.7 Å². The summed E-state index contributed by atoms with van der Waals surface area (Å²) in [6, 6.07) is 3.30. The maximum Gasteiger partial charge on any atom is 0.139 e. The zero-order chi connectivity index (χ0) is 12.3. The van der Waals surface area contributed by atoms with E-state index in [1.807, 2.05) is 6.92 Å². The lowest BCUT2D eigenvalue weighted by atomic mass is 10.2. The molecule has 0 heterocycles. The molecule has 0 amide bonds. The second-order valence-electron chi connectivity index (χ2n) is 3.53. The number of hydrogen-bond acceptors (Lipinski definition) is 2. The molecule has 1 atom stereocenters. The smallest absolute Gasteiger partial charge is 0.139 e. The van der Waals surface area contributed by atoms with Crippen LogP contribution in [0.15, 0.2) is 16.6 Å². The van der Waals surface area contributed by atoms with Gasteiger partial charge in [0.15, 0.2) is 0 Å². The Morgan fingerprint density at radius 1 is 1.44 bits per heavy atom. The molecule has 0 saturated heterocycles. The third kappa shape index (κ3) is 3.96. The first-order valence-electron chi connectivity index (χ1n) is 4.70. The van der Waals surface area contributed by atoms with Crippen LogP contribution in [0.5, 0.6) is 5.75 Å². The Morgan fingerprint density at radius 2 is 2.06 bits per heavy atom. The summed E-state index contributed by atoms with van der Waals surface area (Å²) in [6.07, 6.45) is 0.136. The molecule has 0 fully saturated rings. The van der Waals surface area contributed by atoms with Gasteiger partial charge in [-0.05, 0) is 35.8 Å². The average Bonchev–Trinajstić information content (AvgIpc) is 2.12. The van der Waals surface area contributed by atoms with Crippen LogP contribution in [-0.4, -0.2) is 11.9 Å². The van der Waals surface area contributed by atoms with E-state index in [-0.39, 0.29) is 11.9 Å². The van der Waals surface area contributed by atoms with Crippen LogP contribution in [-0.2, 0) is 4.79 Å². The molecule has 0 aliphatic rings. The summed E-state index contributed by atoms with van der Waals surface area (Å²) in [7, 11) is 0. The van der Waals surface area contributed by atoms with Crippen molar-refractivity contribution in [1.29, 1.82) is 0 Å². The zero-order valence-electron chi connectivity index (χ0n) is 8.89. The lowest BCUT2D eigenvalue weighted by Crippen LogP contribution is -2.15. The van der Waals surface area contributed by atoms with Crippen molar-refractivity contribution in [2.75, 3.05) is 0 Å². The van der Waals surface area contributed by atoms with Gasteiger partial charge in [0.1, 0.15) is 17.6 Å². The fourth-order valence-electron chi connectivity index (χ4n) is 1.26. The van der Waals surface area contributed by atoms with Gasteiger partial charge in [-0.25, -0.2) is 0 Å². The highest BCUT2D eigenvalue weighted by Crippen LogP contribution is 2.34. The molecule has 0 aliphatic carbocycles. The predicted molar refractivity (Wildman–Crippen MR) is 69.6 cm³/mol. The van der Waals surface area contributed by atoms with Crippen molar-refractivity contribution in [3.63, 3.8) is 0 Å². The summed E-state index contributed by atoms with van der Waals surface area (Å²) in [5.41, 5.74) is 0. The summed E-state index contributed by atoms with van der Waals surface area (Å²) in [6.45, 7) is 3.34. The largest absolute Gasteiger partial charge is 0.489 e. The SMILES string of the molecule is CC(=O)CC(C)Oc1cc(Cl)c(Br)cc1Cl. The molecular formula is C11H11BrCl2O2. The summed E-state index contributed by atoms with van der Waals surface area (Å²) in [5.74, 6) is 0.565. The Hall–Kier alpha value is -0.250. The molecule has 0 spiro atoms. The van der Waals surface area contributed by atoms with Crippen LogP contribution >= 0.6 is 39.1 Å². The molecule has 0 radical (unpaired) electrons. The number of benzene rings is 1. The van der Waals surface area contributed by atoms with Gasteiger partial charge in [-0.3, -0.25) is 4.79 Å². The van der Waals surface area contributed by atoms with Crippen molar-refractivity contribution in [2.45, 2.75) is 26.4 Å². The summed E-state index contributed by atoms with van der Waals surface area (Å²) < 4.78 is 6.25. The fourth-order valence-corrected chi connectivity index (χ4v) is 2.09. The topological polar surface area (TPSA) is 26.3 Å². The van der Waals surface area contributed by atoms with Crippen LogP contribution in [0.25, 0.3) is 0 Å². The van der Waals surface area contributed by atoms with Crippen LogP contribution in [0, 0.1) is 0 Å². The van der Waals surface area contributed by atoms with Crippen molar-refractivity contribution >= 4 is 44.9 Å². The Labute approximate surface area is 113 Å². The molecular weight excluding hydrogens is 315 g/mol. The van der Waals surface area contributed by atoms with E-state index in [1.165, 1.54) is 6.92 Å². The van der Waals surface area contributed by atoms with Gasteiger partial charge in [0, 0.05) is 17.0 Å². The van der Waals surface area contributed by atoms with Gasteiger partial charge in [0.2, 0.25) is 0 Å². The normalized spacial score (nSPS) is 12.3. The molecule has 5 heteroatoms. The molecule has 1 aromatic rings. The lowest BCUT2D eigenvalue weighted by molar-refractivity contribution is -0.118. The lowest BCUT2D eigenvalue weighted by Gasteiger charge is -2.15. The Morgan fingerprint density at radius 3 is 2.62 bits per heavy atom. The van der Waals surface area contributed by atoms with Crippen LogP contribution in [0.1, 0.15) is 20.3 Å². The van der Waals surface area contributed by atoms with E-state index in [4.69, 9.17) is 27.9 Å². The monoisotopic (exact) mass is 324 g/mol. The molecule has 0 aromatic heterocycles. The number of carbonyl (C=O) groups is 1. The number of Topliss-reactive ketones (excluding diaryl/α,β-unsaturated/α-hetero) is 1. The van der Waals surface area contributed by atoms with Gasteiger partial charge in [-0.2, -0.15) is 0 Å². The molecule has 0 saturated carbocycles. The minimum Gasteiger partial charge on any atom is -0.489 e. The minimum atomic E-state index is -0.216. The van der Waals surface area contributed by atoms with Gasteiger partial charge in [-0.1, -0.05) is 23.2 Å². The summed E-state index contributed by atoms with van der Waals surface area (Å²) in [4.78, 5) is 10.9. The number of ketones is 1. The highest BCUT2D eigenvalue weighted by molar-refractivity contribution is 9.10. The molecule has 2 nitrogen and oxygen atoms in total. The third-order valence-corrected chi connectivity index (χ3v) is 3.37. The molecule has 88 valence electrons. The van der Waals surface area contributed by atoms with Crippen LogP contribution in [0.3, 0.4) is 0 Å². The second-order valence-corrected chi connectivity index (χ2v) is 5.20. The highest BCUT2D eigenvalue weighted by Gasteiger charge is 2.11. The number of rotatable bonds is 4. The number of halogens is 3. The van der Waals surface area contributed by atoms with Crippen molar-refractivity contribution < 1.29 is 9.53 Å². The van der Waals surface area contributed by atoms with Gasteiger partial charge < -0.3 is 4.74 Å². The van der Waals surface area contributed by atoms with Gasteiger partial charge in [-0.15, -0.1) is 0 Å². The Bertz CT molecular complexity index is 407. The minimum absolute atomic E-state index is 0.0758. The van der Waals surface area contributed by atoms with E-state index in [1.54, 1.807) is 12.1 Å². The summed E-state index contributed by atoms with van der Waals surface area (Å²) in [5, 5.41) is 0.987. The molecule has 0 bridgehead atoms. The first kappa shape index (κ1) is 13.8. The standard InChI is InChI=1S/C11H11BrCl2O2/c1-6(15)3-7(2)16-11-5-9(13)8(12)4-10(11)14/h4-5,7H,3H2,1-2H3. The second kappa shape index (κ2) is 5.89. The maximum atomic E-state index is 10.9. The average molecular weight is 326 g/mol. The Balaban J connectivity index is 2.81. The first-order chi connectivity index (χ1) is 7.40. The fraction of sp³-hybridized carbons (Fsp3) is 0.364. The van der Waals surface area contributed by atoms with Gasteiger partial charge in [0.25, 0.3) is 0 Å². The van der Waals surface area contributed by atoms with E-state index in [9.17, 15) is 4.79 Å². The van der Waals surface area contributed by atoms with Crippen molar-refractivity contribution in [3.05, 3.63) is 26.7 Å². The number of ether oxygens (including phenoxy) is 1. The van der Waals surface area contributed by atoms with Crippen LogP contribution in [0.2, 0.25) is 10.0 Å². The quantitative estimate of drug-likeness (QED) is 0.762. The first-order valence-corrected chi connectivity index (χ1v) is 6.25. The molecule has 0 aliphatic heterocycles.